The molecule has 1 fully saturated rings. The van der Waals surface area contributed by atoms with Crippen molar-refractivity contribution in [3.8, 4) is 0 Å². The molecule has 0 N–H and O–H groups in total. The molecule has 0 spiro atoms. The van der Waals surface area contributed by atoms with E-state index < -0.39 is 0 Å². The van der Waals surface area contributed by atoms with Crippen molar-refractivity contribution in [2.75, 3.05) is 5.75 Å². The fraction of sp³-hybridized carbons (Fsp3) is 0.125. The third-order valence-electron chi connectivity index (χ3n) is 1.59. The molecule has 1 aliphatic heterocycles. The predicted octanol–water partition coefficient (Wildman–Crippen LogP) is 2.58. The second kappa shape index (κ2) is 4.20. The molecule has 0 unspecified atom stereocenters. The van der Waals surface area contributed by atoms with Gasteiger partial charge in [-0.05, 0) is 16.8 Å². The number of nitrogens with zero attached hydrogens (tertiary/aromatic N) is 2. The number of carbonyl (C=O) groups is 1. The molecule has 1 saturated heterocycles. The fourth-order valence-electron chi connectivity index (χ4n) is 0.932. The lowest BCUT2D eigenvalue weighted by Gasteiger charge is -2.05. The third-order valence-corrected chi connectivity index (χ3v) is 3.63. The minimum absolute atomic E-state index is 0.0959. The Kier molecular flexibility index (Phi) is 2.95. The molecule has 3 nitrogen and oxygen atoms in total. The average molecular weight is 242 g/mol. The number of thioether (sulfide) groups is 1. The highest BCUT2D eigenvalue weighted by molar-refractivity contribution is 8.15. The zero-order valence-electron chi connectivity index (χ0n) is 7.04. The fourth-order valence-corrected chi connectivity index (χ4v) is 2.56. The molecule has 2 heterocycles. The Labute approximate surface area is 94.8 Å². The first-order chi connectivity index (χ1) is 6.77. The lowest BCUT2D eigenvalue weighted by Crippen LogP contribution is -2.20. The molecule has 1 aromatic rings. The van der Waals surface area contributed by atoms with E-state index in [9.17, 15) is 4.79 Å². The van der Waals surface area contributed by atoms with E-state index in [-0.39, 0.29) is 5.24 Å². The van der Waals surface area contributed by atoms with Gasteiger partial charge in [-0.2, -0.15) is 21.4 Å². The average Bonchev–Trinajstić information content (AvgIpc) is 2.76. The topological polar surface area (TPSA) is 32.7 Å². The molecule has 0 aromatic carbocycles. The van der Waals surface area contributed by atoms with Crippen LogP contribution in [-0.2, 0) is 0 Å². The van der Waals surface area contributed by atoms with Gasteiger partial charge >= 0.3 is 5.24 Å². The Hall–Kier alpha value is -0.720. The van der Waals surface area contributed by atoms with E-state index in [0.29, 0.717) is 10.7 Å². The van der Waals surface area contributed by atoms with Gasteiger partial charge < -0.3 is 0 Å². The summed E-state index contributed by atoms with van der Waals surface area (Å²) in [5.41, 5.74) is 0.988. The Bertz CT molecular complexity index is 369. The molecule has 2 rings (SSSR count). The summed E-state index contributed by atoms with van der Waals surface area (Å²) in [4.78, 5) is 11.8. The van der Waals surface area contributed by atoms with Crippen LogP contribution in [0.3, 0.4) is 0 Å². The lowest BCUT2D eigenvalue weighted by atomic mass is 10.4. The monoisotopic (exact) mass is 242 g/mol. The number of hydrazone groups is 1. The van der Waals surface area contributed by atoms with E-state index in [1.54, 1.807) is 17.6 Å². The van der Waals surface area contributed by atoms with E-state index in [0.717, 1.165) is 5.56 Å². The molecule has 0 aliphatic carbocycles. The summed E-state index contributed by atoms with van der Waals surface area (Å²) in [6, 6.07) is 1.94. The second-order valence-electron chi connectivity index (χ2n) is 2.56. The van der Waals surface area contributed by atoms with Crippen molar-refractivity contribution in [2.24, 2.45) is 5.10 Å². The zero-order valence-corrected chi connectivity index (χ0v) is 9.49. The maximum atomic E-state index is 11.2. The molecule has 72 valence electrons. The van der Waals surface area contributed by atoms with Gasteiger partial charge in [0.25, 0.3) is 0 Å². The van der Waals surface area contributed by atoms with E-state index in [1.165, 1.54) is 16.8 Å². The zero-order chi connectivity index (χ0) is 9.97. The highest BCUT2D eigenvalue weighted by Crippen LogP contribution is 2.20. The first-order valence-electron chi connectivity index (χ1n) is 3.83. The van der Waals surface area contributed by atoms with Gasteiger partial charge in [-0.3, -0.25) is 4.79 Å². The standard InChI is InChI=1S/C8H6N2OS3/c11-8-10(7(12)5-14-8)9-3-6-1-2-13-4-6/h1-4H,5H2/b9-3+. The van der Waals surface area contributed by atoms with Crippen molar-refractivity contribution in [3.63, 3.8) is 0 Å². The molecule has 0 saturated carbocycles. The molecule has 1 aromatic heterocycles. The number of hydrogen-bond acceptors (Lipinski definition) is 5. The highest BCUT2D eigenvalue weighted by atomic mass is 32.2. The van der Waals surface area contributed by atoms with Crippen molar-refractivity contribution in [3.05, 3.63) is 22.4 Å². The molecule has 0 bridgehead atoms. The Morgan fingerprint density at radius 3 is 3.07 bits per heavy atom. The molecule has 0 radical (unpaired) electrons. The normalized spacial score (nSPS) is 17.3. The van der Waals surface area contributed by atoms with E-state index in [4.69, 9.17) is 12.2 Å². The van der Waals surface area contributed by atoms with Gasteiger partial charge in [0.2, 0.25) is 0 Å². The minimum Gasteiger partial charge on any atom is -0.259 e. The number of amides is 1. The number of thiophene rings is 1. The quantitative estimate of drug-likeness (QED) is 0.590. The van der Waals surface area contributed by atoms with Crippen molar-refractivity contribution >= 4 is 51.8 Å². The maximum Gasteiger partial charge on any atom is 0.307 e. The molecule has 0 atom stereocenters. The smallest absolute Gasteiger partial charge is 0.259 e. The van der Waals surface area contributed by atoms with Crippen molar-refractivity contribution in [2.45, 2.75) is 0 Å². The van der Waals surface area contributed by atoms with Crippen molar-refractivity contribution < 1.29 is 4.79 Å². The number of carbonyl (C=O) groups excluding carboxylic acids is 1. The number of rotatable bonds is 2. The number of hydrogen-bond donors (Lipinski definition) is 0. The second-order valence-corrected chi connectivity index (χ2v) is 4.74. The van der Waals surface area contributed by atoms with E-state index in [2.05, 4.69) is 5.10 Å². The van der Waals surface area contributed by atoms with Crippen LogP contribution in [0.4, 0.5) is 4.79 Å². The lowest BCUT2D eigenvalue weighted by molar-refractivity contribution is 0.247. The van der Waals surface area contributed by atoms with Gasteiger partial charge in [0.05, 0.1) is 12.0 Å². The summed E-state index contributed by atoms with van der Waals surface area (Å²) in [6.45, 7) is 0. The van der Waals surface area contributed by atoms with Crippen LogP contribution in [0.1, 0.15) is 5.56 Å². The summed E-state index contributed by atoms with van der Waals surface area (Å²) in [7, 11) is 0. The minimum atomic E-state index is -0.0959. The first-order valence-corrected chi connectivity index (χ1v) is 6.17. The third kappa shape index (κ3) is 2.02. The van der Waals surface area contributed by atoms with E-state index >= 15 is 0 Å². The van der Waals surface area contributed by atoms with Gasteiger partial charge in [-0.15, -0.1) is 0 Å². The van der Waals surface area contributed by atoms with Crippen LogP contribution in [0.25, 0.3) is 0 Å². The van der Waals surface area contributed by atoms with Crippen molar-refractivity contribution in [1.82, 2.24) is 5.01 Å². The van der Waals surface area contributed by atoms with Crippen LogP contribution in [0.2, 0.25) is 0 Å². The molecule has 6 heteroatoms. The summed E-state index contributed by atoms with van der Waals surface area (Å²) in [5, 5.41) is 9.13. The van der Waals surface area contributed by atoms with Gasteiger partial charge in [0.15, 0.2) is 0 Å². The summed E-state index contributed by atoms with van der Waals surface area (Å²) >= 11 is 7.76. The molecule has 1 amide bonds. The van der Waals surface area contributed by atoms with E-state index in [1.807, 2.05) is 16.8 Å². The first kappa shape index (κ1) is 9.82. The predicted molar refractivity (Wildman–Crippen MR) is 64.2 cm³/mol. The Morgan fingerprint density at radius 1 is 1.64 bits per heavy atom. The van der Waals surface area contributed by atoms with Gasteiger partial charge in [0, 0.05) is 5.56 Å². The summed E-state index contributed by atoms with van der Waals surface area (Å²) in [5.74, 6) is 0.565. The Balaban J connectivity index is 2.10. The van der Waals surface area contributed by atoms with Crippen LogP contribution >= 0.6 is 35.3 Å². The van der Waals surface area contributed by atoms with Gasteiger partial charge in [-0.25, -0.2) is 0 Å². The Morgan fingerprint density at radius 2 is 2.50 bits per heavy atom. The number of thiocarbonyl (C=S) groups is 1. The van der Waals surface area contributed by atoms with Crippen LogP contribution in [0.5, 0.6) is 0 Å². The molecule has 14 heavy (non-hydrogen) atoms. The largest absolute Gasteiger partial charge is 0.307 e. The van der Waals surface area contributed by atoms with Crippen molar-refractivity contribution in [1.29, 1.82) is 0 Å². The summed E-state index contributed by atoms with van der Waals surface area (Å²) in [6.07, 6.45) is 1.65. The maximum absolute atomic E-state index is 11.2. The van der Waals surface area contributed by atoms with Gasteiger partial charge in [0.1, 0.15) is 4.99 Å². The van der Waals surface area contributed by atoms with Crippen LogP contribution in [0, 0.1) is 0 Å². The van der Waals surface area contributed by atoms with Crippen LogP contribution < -0.4 is 0 Å². The summed E-state index contributed by atoms with van der Waals surface area (Å²) < 4.78 is 0. The van der Waals surface area contributed by atoms with Crippen LogP contribution in [0.15, 0.2) is 21.9 Å². The van der Waals surface area contributed by atoms with Crippen LogP contribution in [-0.4, -0.2) is 27.2 Å². The molecule has 1 aliphatic rings. The van der Waals surface area contributed by atoms with Gasteiger partial charge in [-0.1, -0.05) is 24.0 Å². The molecular weight excluding hydrogens is 236 g/mol. The molecular formula is C8H6N2OS3. The SMILES string of the molecule is O=C1SCC(=S)N1/N=C/c1ccsc1. The highest BCUT2D eigenvalue weighted by Gasteiger charge is 2.25.